The minimum atomic E-state index is -4.78. The quantitative estimate of drug-likeness (QED) is 0.383. The van der Waals surface area contributed by atoms with Gasteiger partial charge in [-0.05, 0) is 30.3 Å². The van der Waals surface area contributed by atoms with E-state index in [2.05, 4.69) is 15.0 Å². The molecule has 2 aromatic heterocycles. The molecule has 4 aromatic rings. The number of aromatic nitrogens is 3. The molecule has 2 heterocycles. The van der Waals surface area contributed by atoms with Gasteiger partial charge in [0.05, 0.1) is 27.0 Å². The van der Waals surface area contributed by atoms with Crippen molar-refractivity contribution >= 4 is 33.0 Å². The predicted octanol–water partition coefficient (Wildman–Crippen LogP) is 4.54. The maximum absolute atomic E-state index is 15.7. The number of nitrogens with zero attached hydrogens (tertiary/aromatic N) is 3. The van der Waals surface area contributed by atoms with Gasteiger partial charge in [0.15, 0.2) is 10.7 Å². The smallest absolute Gasteiger partial charge is 0.267 e. The zero-order chi connectivity index (χ0) is 25.5. The fourth-order valence-electron chi connectivity index (χ4n) is 3.23. The molecule has 0 aliphatic rings. The molecule has 0 aliphatic heterocycles. The van der Waals surface area contributed by atoms with Crippen LogP contribution in [-0.4, -0.2) is 28.8 Å². The van der Waals surface area contributed by atoms with E-state index in [9.17, 15) is 17.2 Å². The number of hydrogen-bond acceptors (Lipinski definition) is 7. The van der Waals surface area contributed by atoms with Gasteiger partial charge < -0.3 is 11.2 Å². The summed E-state index contributed by atoms with van der Waals surface area (Å²) < 4.78 is 71.2. The van der Waals surface area contributed by atoms with Crippen molar-refractivity contribution in [3.05, 3.63) is 71.1 Å². The average Bonchev–Trinajstić information content (AvgIpc) is 3.21. The molecule has 36 heavy (non-hydrogen) atoms. The molecule has 0 bridgehead atoms. The predicted molar refractivity (Wildman–Crippen MR) is 132 cm³/mol. The van der Waals surface area contributed by atoms with Gasteiger partial charge in [-0.2, -0.15) is 0 Å². The van der Waals surface area contributed by atoms with Gasteiger partial charge in [0, 0.05) is 17.2 Å². The van der Waals surface area contributed by atoms with Crippen molar-refractivity contribution in [3.8, 4) is 21.8 Å². The molecule has 0 saturated heterocycles. The summed E-state index contributed by atoms with van der Waals surface area (Å²) in [7, 11) is -4.78. The maximum atomic E-state index is 15.7. The van der Waals surface area contributed by atoms with E-state index in [0.29, 0.717) is 15.6 Å². The summed E-state index contributed by atoms with van der Waals surface area (Å²) in [6, 6.07) is 8.20. The van der Waals surface area contributed by atoms with Crippen molar-refractivity contribution in [2.24, 2.45) is 0 Å². The van der Waals surface area contributed by atoms with E-state index in [1.165, 1.54) is 29.7 Å². The first-order valence-electron chi connectivity index (χ1n) is 10.2. The third-order valence-corrected chi connectivity index (χ3v) is 7.78. The van der Waals surface area contributed by atoms with Crippen LogP contribution in [0.4, 0.5) is 24.8 Å². The average molecular weight is 538 g/mol. The minimum Gasteiger partial charge on any atom is -0.412 e. The third kappa shape index (κ3) is 5.17. The first kappa shape index (κ1) is 27.0. The number of nitrogens with two attached hydrogens (primary N) is 1. The fourth-order valence-corrected chi connectivity index (χ4v) is 5.53. The van der Waals surface area contributed by atoms with E-state index in [-0.39, 0.29) is 28.1 Å². The lowest BCUT2D eigenvalue weighted by Crippen LogP contribution is -2.17. The summed E-state index contributed by atoms with van der Waals surface area (Å²) >= 11 is 1.29. The van der Waals surface area contributed by atoms with E-state index in [4.69, 9.17) is 5.73 Å². The number of benzene rings is 2. The molecule has 0 unspecified atom stereocenters. The Kier molecular flexibility index (Phi) is 7.39. The highest BCUT2D eigenvalue weighted by Crippen LogP contribution is 2.42. The Labute approximate surface area is 209 Å². The summed E-state index contributed by atoms with van der Waals surface area (Å²) in [5.41, 5.74) is 5.46. The second-order valence-electron chi connectivity index (χ2n) is 8.57. The van der Waals surface area contributed by atoms with Crippen LogP contribution in [0.15, 0.2) is 53.6 Å². The summed E-state index contributed by atoms with van der Waals surface area (Å²) in [4.78, 5) is 12.0. The van der Waals surface area contributed by atoms with Gasteiger partial charge in [-0.15, -0.1) is 11.3 Å². The molecule has 0 spiro atoms. The lowest BCUT2D eigenvalue weighted by Gasteiger charge is -2.14. The molecular formula is C23H22F3N5O3S2. The zero-order valence-corrected chi connectivity index (χ0v) is 20.9. The van der Waals surface area contributed by atoms with Gasteiger partial charge in [-0.1, -0.05) is 32.9 Å². The van der Waals surface area contributed by atoms with Gasteiger partial charge in [-0.25, -0.2) is 36.5 Å². The number of anilines is 2. The summed E-state index contributed by atoms with van der Waals surface area (Å²) in [6.07, 6.45) is 1.46. The first-order valence-corrected chi connectivity index (χ1v) is 12.5. The molecule has 0 aliphatic carbocycles. The largest absolute Gasteiger partial charge is 0.412 e. The van der Waals surface area contributed by atoms with E-state index in [1.54, 1.807) is 6.07 Å². The van der Waals surface area contributed by atoms with Crippen molar-refractivity contribution < 1.29 is 27.1 Å². The molecule has 0 fully saturated rings. The topological polar surface area (TPSA) is 142 Å². The Morgan fingerprint density at radius 1 is 0.972 bits per heavy atom. The van der Waals surface area contributed by atoms with E-state index < -0.39 is 38.1 Å². The molecule has 0 atom stereocenters. The van der Waals surface area contributed by atoms with Crippen LogP contribution in [0, 0.1) is 17.5 Å². The molecule has 0 amide bonds. The van der Waals surface area contributed by atoms with Crippen molar-refractivity contribution in [1.29, 1.82) is 0 Å². The summed E-state index contributed by atoms with van der Waals surface area (Å²) in [6.45, 7) is 5.83. The second-order valence-corrected chi connectivity index (χ2v) is 11.2. The van der Waals surface area contributed by atoms with E-state index >= 15 is 4.39 Å². The number of thiazole rings is 1. The molecular weight excluding hydrogens is 515 g/mol. The van der Waals surface area contributed by atoms with Crippen molar-refractivity contribution in [2.45, 2.75) is 31.1 Å². The molecule has 2 aromatic carbocycles. The van der Waals surface area contributed by atoms with Gasteiger partial charge in [0.25, 0.3) is 10.0 Å². The molecule has 0 saturated carbocycles. The third-order valence-electron chi connectivity index (χ3n) is 4.86. The SMILES string of the molecule is CC(C)(C)c1nc(-c2cccc(NS(=O)(=O)c3c(F)cccc3F)c2F)c(-c2ccnc(N)n2)s1.O. The van der Waals surface area contributed by atoms with Gasteiger partial charge in [0.1, 0.15) is 11.6 Å². The fraction of sp³-hybridized carbons (Fsp3) is 0.174. The minimum absolute atomic E-state index is 0. The number of nitrogen functional groups attached to an aromatic ring is 1. The van der Waals surface area contributed by atoms with Crippen LogP contribution >= 0.6 is 11.3 Å². The van der Waals surface area contributed by atoms with Gasteiger partial charge in [-0.3, -0.25) is 4.72 Å². The molecule has 8 nitrogen and oxygen atoms in total. The Balaban J connectivity index is 0.00000361. The van der Waals surface area contributed by atoms with Crippen LogP contribution in [0.25, 0.3) is 21.8 Å². The van der Waals surface area contributed by atoms with Crippen molar-refractivity contribution in [1.82, 2.24) is 15.0 Å². The molecule has 190 valence electrons. The first-order chi connectivity index (χ1) is 16.4. The summed E-state index contributed by atoms with van der Waals surface area (Å²) in [5, 5.41) is 0.679. The number of hydrogen-bond donors (Lipinski definition) is 2. The van der Waals surface area contributed by atoms with E-state index in [1.807, 2.05) is 25.5 Å². The summed E-state index contributed by atoms with van der Waals surface area (Å²) in [5.74, 6) is -3.55. The Hall–Kier alpha value is -3.55. The normalized spacial score (nSPS) is 11.7. The number of nitrogens with one attached hydrogen (secondary N) is 1. The van der Waals surface area contributed by atoms with Crippen LogP contribution in [0.1, 0.15) is 25.8 Å². The molecule has 13 heteroatoms. The van der Waals surface area contributed by atoms with Crippen LogP contribution in [0.3, 0.4) is 0 Å². The highest BCUT2D eigenvalue weighted by molar-refractivity contribution is 7.92. The van der Waals surface area contributed by atoms with E-state index in [0.717, 1.165) is 24.3 Å². The molecule has 0 radical (unpaired) electrons. The van der Waals surface area contributed by atoms with Gasteiger partial charge in [0.2, 0.25) is 5.95 Å². The molecule has 4 rings (SSSR count). The lowest BCUT2D eigenvalue weighted by atomic mass is 9.98. The number of rotatable bonds is 5. The second kappa shape index (κ2) is 9.84. The van der Waals surface area contributed by atoms with Crippen LogP contribution in [0.2, 0.25) is 0 Å². The number of sulfonamides is 1. The Morgan fingerprint density at radius 2 is 1.61 bits per heavy atom. The van der Waals surface area contributed by atoms with Crippen LogP contribution in [-0.2, 0) is 15.4 Å². The van der Waals surface area contributed by atoms with Crippen LogP contribution in [0.5, 0.6) is 0 Å². The Bertz CT molecular complexity index is 1520. The highest BCUT2D eigenvalue weighted by Gasteiger charge is 2.28. The maximum Gasteiger partial charge on any atom is 0.267 e. The zero-order valence-electron chi connectivity index (χ0n) is 19.3. The Morgan fingerprint density at radius 3 is 2.22 bits per heavy atom. The highest BCUT2D eigenvalue weighted by atomic mass is 32.2. The number of halogens is 3. The van der Waals surface area contributed by atoms with Crippen molar-refractivity contribution in [2.75, 3.05) is 10.5 Å². The molecule has 5 N–H and O–H groups in total. The standard InChI is InChI=1S/C23H20F3N5O2S2.H2O/c1-23(2,3)21-30-18(19(34-21)16-10-11-28-22(27)29-16)12-6-4-9-15(17(12)26)31-35(32,33)20-13(24)7-5-8-14(20)25;/h4-11,31H,1-3H3,(H2,27,28,29);1H2. The van der Waals surface area contributed by atoms with Gasteiger partial charge >= 0.3 is 0 Å². The van der Waals surface area contributed by atoms with Crippen LogP contribution < -0.4 is 10.5 Å². The van der Waals surface area contributed by atoms with Crippen molar-refractivity contribution in [3.63, 3.8) is 0 Å². The monoisotopic (exact) mass is 537 g/mol. The lowest BCUT2D eigenvalue weighted by molar-refractivity contribution is 0.521.